The molecule has 0 aliphatic heterocycles. The van der Waals surface area contributed by atoms with E-state index in [1.165, 1.54) is 44.1 Å². The summed E-state index contributed by atoms with van der Waals surface area (Å²) in [6.45, 7) is 4.56. The number of hydrogen-bond acceptors (Lipinski definition) is 3. The zero-order chi connectivity index (χ0) is 19.6. The number of aliphatic imine (C=N–C) groups is 1. The zero-order valence-corrected chi connectivity index (χ0v) is 17.3. The smallest absolute Gasteiger partial charge is 0.292 e. The highest BCUT2D eigenvalue weighted by molar-refractivity contribution is 5.75. The van der Waals surface area contributed by atoms with Gasteiger partial charge >= 0.3 is 0 Å². The topological polar surface area (TPSA) is 50.9 Å². The van der Waals surface area contributed by atoms with E-state index in [9.17, 15) is 0 Å². The van der Waals surface area contributed by atoms with E-state index >= 15 is 0 Å². The summed E-state index contributed by atoms with van der Waals surface area (Å²) in [5.74, 6) is 0.738. The number of benzene rings is 1. The average Bonchev–Trinajstić information content (AvgIpc) is 3.00. The van der Waals surface area contributed by atoms with Gasteiger partial charge in [-0.15, -0.1) is 0 Å². The van der Waals surface area contributed by atoms with Crippen molar-refractivity contribution in [3.05, 3.63) is 53.8 Å². The van der Waals surface area contributed by atoms with Gasteiger partial charge < -0.3 is 15.4 Å². The fourth-order valence-corrected chi connectivity index (χ4v) is 4.17. The highest BCUT2D eigenvalue weighted by Crippen LogP contribution is 2.22. The molecule has 2 N–H and O–H groups in total. The quantitative estimate of drug-likeness (QED) is 0.401. The van der Waals surface area contributed by atoms with Crippen LogP contribution < -0.4 is 10.5 Å². The molecule has 152 valence electrons. The Bertz CT molecular complexity index is 682. The Hall–Kier alpha value is -2.07. The monoisotopic (exact) mass is 381 g/mol. The molecule has 3 rings (SSSR count). The second kappa shape index (κ2) is 11.1. The van der Waals surface area contributed by atoms with Gasteiger partial charge in [-0.3, -0.25) is 0 Å². The van der Waals surface area contributed by atoms with Crippen LogP contribution in [0.2, 0.25) is 0 Å². The molecule has 0 spiro atoms. The highest BCUT2D eigenvalue weighted by atomic mass is 16.5. The van der Waals surface area contributed by atoms with Gasteiger partial charge in [0.05, 0.1) is 5.70 Å². The van der Waals surface area contributed by atoms with E-state index in [2.05, 4.69) is 41.1 Å². The van der Waals surface area contributed by atoms with Gasteiger partial charge in [-0.05, 0) is 62.4 Å². The van der Waals surface area contributed by atoms with Crippen molar-refractivity contribution < 1.29 is 4.74 Å². The second-order valence-corrected chi connectivity index (χ2v) is 7.83. The zero-order valence-electron chi connectivity index (χ0n) is 17.3. The molecule has 28 heavy (non-hydrogen) atoms. The van der Waals surface area contributed by atoms with Gasteiger partial charge in [-0.25, -0.2) is 0 Å². The van der Waals surface area contributed by atoms with E-state index in [4.69, 9.17) is 10.5 Å². The minimum absolute atomic E-state index is 0.191. The Kier molecular flexibility index (Phi) is 8.16. The Morgan fingerprint density at radius 3 is 2.50 bits per heavy atom. The summed E-state index contributed by atoms with van der Waals surface area (Å²) in [7, 11) is 0. The van der Waals surface area contributed by atoms with Crippen LogP contribution in [0.4, 0.5) is 0 Å². The summed E-state index contributed by atoms with van der Waals surface area (Å²) in [5.41, 5.74) is 8.15. The predicted molar refractivity (Wildman–Crippen MR) is 118 cm³/mol. The normalized spacial score (nSPS) is 18.8. The molecule has 1 aromatic rings. The minimum Gasteiger partial charge on any atom is -0.426 e. The maximum Gasteiger partial charge on any atom is 0.292 e. The molecule has 1 aromatic carbocycles. The van der Waals surface area contributed by atoms with Crippen LogP contribution in [0, 0.1) is 0 Å². The van der Waals surface area contributed by atoms with Crippen LogP contribution in [0.25, 0.3) is 0 Å². The molecule has 0 saturated heterocycles. The van der Waals surface area contributed by atoms with Crippen molar-refractivity contribution in [2.45, 2.75) is 70.8 Å². The van der Waals surface area contributed by atoms with Crippen LogP contribution in [-0.2, 0) is 6.42 Å². The lowest BCUT2D eigenvalue weighted by molar-refractivity contribution is 0.190. The van der Waals surface area contributed by atoms with Crippen LogP contribution in [-0.4, -0.2) is 30.1 Å². The number of hydrogen-bond donors (Lipinski definition) is 1. The fraction of sp³-hybridized carbons (Fsp3) is 0.542. The van der Waals surface area contributed by atoms with Crippen LogP contribution >= 0.6 is 0 Å². The molecule has 0 atom stereocenters. The Morgan fingerprint density at radius 2 is 1.86 bits per heavy atom. The van der Waals surface area contributed by atoms with Gasteiger partial charge in [-0.1, -0.05) is 56.9 Å². The van der Waals surface area contributed by atoms with Gasteiger partial charge in [0.1, 0.15) is 5.75 Å². The summed E-state index contributed by atoms with van der Waals surface area (Å²) < 4.78 is 5.67. The van der Waals surface area contributed by atoms with Crippen molar-refractivity contribution in [1.82, 2.24) is 4.90 Å². The Labute approximate surface area is 170 Å². The highest BCUT2D eigenvalue weighted by Gasteiger charge is 2.18. The van der Waals surface area contributed by atoms with E-state index in [1.54, 1.807) is 0 Å². The molecule has 0 bridgehead atoms. The third-order valence-electron chi connectivity index (χ3n) is 5.80. The van der Waals surface area contributed by atoms with Crippen LogP contribution in [0.3, 0.4) is 0 Å². The number of likely N-dealkylation sites (N-methyl/N-ethyl adjacent to an activating group) is 1. The summed E-state index contributed by atoms with van der Waals surface area (Å²) in [6.07, 6.45) is 17.7. The third-order valence-corrected chi connectivity index (χ3v) is 5.80. The summed E-state index contributed by atoms with van der Waals surface area (Å²) in [4.78, 5) is 7.00. The molecule has 2 aliphatic carbocycles. The van der Waals surface area contributed by atoms with Gasteiger partial charge in [0.15, 0.2) is 0 Å². The maximum atomic E-state index is 5.93. The van der Waals surface area contributed by atoms with Gasteiger partial charge in [0, 0.05) is 12.6 Å². The molecule has 0 aromatic heterocycles. The first kappa shape index (κ1) is 20.7. The van der Waals surface area contributed by atoms with Crippen LogP contribution in [0.5, 0.6) is 5.75 Å². The minimum atomic E-state index is 0.191. The molecule has 4 nitrogen and oxygen atoms in total. The molecular formula is C24H35N3O. The predicted octanol–water partition coefficient (Wildman–Crippen LogP) is 5.20. The fourth-order valence-electron chi connectivity index (χ4n) is 4.17. The summed E-state index contributed by atoms with van der Waals surface area (Å²) in [6, 6.07) is 9.23. The number of nitrogens with zero attached hydrogens (tertiary/aromatic N) is 2. The van der Waals surface area contributed by atoms with Gasteiger partial charge in [-0.2, -0.15) is 4.99 Å². The summed E-state index contributed by atoms with van der Waals surface area (Å²) in [5, 5.41) is 0. The molecule has 0 heterocycles. The number of ether oxygens (including phenoxy) is 1. The van der Waals surface area contributed by atoms with Crippen LogP contribution in [0.15, 0.2) is 53.2 Å². The van der Waals surface area contributed by atoms with Crippen LogP contribution in [0.1, 0.15) is 63.9 Å². The maximum absolute atomic E-state index is 5.93. The van der Waals surface area contributed by atoms with Crippen molar-refractivity contribution >= 4 is 6.02 Å². The van der Waals surface area contributed by atoms with Crippen molar-refractivity contribution in [3.8, 4) is 5.75 Å². The first-order valence-corrected chi connectivity index (χ1v) is 11.0. The third kappa shape index (κ3) is 6.52. The number of nitrogens with two attached hydrogens (primary N) is 1. The van der Waals surface area contributed by atoms with Gasteiger partial charge in [0.25, 0.3) is 6.02 Å². The second-order valence-electron chi connectivity index (χ2n) is 7.83. The van der Waals surface area contributed by atoms with Crippen molar-refractivity contribution in [2.24, 2.45) is 10.7 Å². The number of rotatable bonds is 7. The summed E-state index contributed by atoms with van der Waals surface area (Å²) >= 11 is 0. The first-order valence-electron chi connectivity index (χ1n) is 11.0. The molecule has 0 radical (unpaired) electrons. The molecule has 0 amide bonds. The molecular weight excluding hydrogens is 346 g/mol. The van der Waals surface area contributed by atoms with E-state index < -0.39 is 0 Å². The lowest BCUT2D eigenvalue weighted by Crippen LogP contribution is -2.36. The number of allylic oxidation sites excluding steroid dienone is 3. The standard InChI is InChI=1S/C24H35N3O/c1-2-27(22-12-8-3-4-9-13-22)19-18-20-14-16-23(17-15-20)28-24(25)26-21-10-6-5-7-11-21/h6,10-11,14-17,22H,2-5,7-9,12-13,18-19H2,1H3,(H2,25,26). The van der Waals surface area contributed by atoms with E-state index in [1.807, 2.05) is 18.2 Å². The lowest BCUT2D eigenvalue weighted by Gasteiger charge is -2.30. The SMILES string of the molecule is CCN(CCc1ccc(OC(N)=NC2=CCCC=C2)cc1)C1CCCCCC1. The molecule has 2 aliphatic rings. The van der Waals surface area contributed by atoms with Crippen molar-refractivity contribution in [1.29, 1.82) is 0 Å². The molecule has 4 heteroatoms. The Balaban J connectivity index is 1.50. The molecule has 1 fully saturated rings. The van der Waals surface area contributed by atoms with E-state index in [-0.39, 0.29) is 6.02 Å². The van der Waals surface area contributed by atoms with E-state index in [0.29, 0.717) is 0 Å². The van der Waals surface area contributed by atoms with Crippen molar-refractivity contribution in [3.63, 3.8) is 0 Å². The molecule has 0 unspecified atom stereocenters. The lowest BCUT2D eigenvalue weighted by atomic mass is 10.1. The first-order chi connectivity index (χ1) is 13.7. The van der Waals surface area contributed by atoms with E-state index in [0.717, 1.165) is 49.8 Å². The van der Waals surface area contributed by atoms with Gasteiger partial charge in [0.2, 0.25) is 0 Å². The largest absolute Gasteiger partial charge is 0.426 e. The van der Waals surface area contributed by atoms with Crippen molar-refractivity contribution in [2.75, 3.05) is 13.1 Å². The number of amidine groups is 1. The Morgan fingerprint density at radius 1 is 1.11 bits per heavy atom. The molecule has 1 saturated carbocycles. The average molecular weight is 382 g/mol.